The van der Waals surface area contributed by atoms with E-state index < -0.39 is 0 Å². The first-order valence-electron chi connectivity index (χ1n) is 10.2. The average Bonchev–Trinajstić information content (AvgIpc) is 3.32. The van der Waals surface area contributed by atoms with Crippen LogP contribution >= 0.6 is 11.3 Å². The number of thiophene rings is 1. The van der Waals surface area contributed by atoms with E-state index in [0.717, 1.165) is 34.8 Å². The van der Waals surface area contributed by atoms with Crippen LogP contribution in [0.15, 0.2) is 54.6 Å². The van der Waals surface area contributed by atoms with Crippen LogP contribution in [0.1, 0.15) is 37.7 Å². The number of anilines is 1. The molecular weight excluding hydrogens is 390 g/mol. The lowest BCUT2D eigenvalue weighted by molar-refractivity contribution is 0.103. The fourth-order valence-corrected chi connectivity index (χ4v) is 5.31. The highest BCUT2D eigenvalue weighted by Gasteiger charge is 2.27. The number of rotatable bonds is 3. The first kappa shape index (κ1) is 18.8. The highest BCUT2D eigenvalue weighted by atomic mass is 32.1. The summed E-state index contributed by atoms with van der Waals surface area (Å²) in [6.07, 6.45) is 1.85. The molecular formula is C25H23N3OS. The minimum absolute atomic E-state index is 0.0488. The van der Waals surface area contributed by atoms with Crippen LogP contribution in [0.2, 0.25) is 0 Å². The van der Waals surface area contributed by atoms with Gasteiger partial charge >= 0.3 is 0 Å². The standard InChI is InChI=1S/C25H23N3OS/c1-15-9-11-19(13-16(15)2)26-25(29)22-14-18-10-12-21-23(24(18)30-22)17(3)27-28(21)20-7-5-4-6-8-20/h4-9,11,13-14H,10,12H2,1-3H3,(H,26,29). The maximum absolute atomic E-state index is 12.9. The minimum Gasteiger partial charge on any atom is -0.321 e. The Bertz CT molecular complexity index is 1270. The summed E-state index contributed by atoms with van der Waals surface area (Å²) in [4.78, 5) is 14.9. The van der Waals surface area contributed by atoms with Crippen LogP contribution in [0, 0.1) is 20.8 Å². The van der Waals surface area contributed by atoms with Gasteiger partial charge in [-0.1, -0.05) is 24.3 Å². The van der Waals surface area contributed by atoms with E-state index in [1.807, 2.05) is 36.4 Å². The lowest BCUT2D eigenvalue weighted by atomic mass is 9.95. The lowest BCUT2D eigenvalue weighted by Gasteiger charge is -2.14. The van der Waals surface area contributed by atoms with Crippen molar-refractivity contribution in [1.29, 1.82) is 0 Å². The number of nitrogens with one attached hydrogen (secondary N) is 1. The summed E-state index contributed by atoms with van der Waals surface area (Å²) in [5, 5.41) is 7.88. The molecule has 0 aliphatic heterocycles. The largest absolute Gasteiger partial charge is 0.321 e. The number of fused-ring (bicyclic) bond motifs is 3. The number of aryl methyl sites for hydroxylation is 4. The van der Waals surface area contributed by atoms with Crippen molar-refractivity contribution in [1.82, 2.24) is 9.78 Å². The van der Waals surface area contributed by atoms with E-state index in [1.165, 1.54) is 32.8 Å². The van der Waals surface area contributed by atoms with Gasteiger partial charge in [-0.05, 0) is 80.6 Å². The number of amides is 1. The van der Waals surface area contributed by atoms with E-state index in [-0.39, 0.29) is 5.91 Å². The molecule has 4 nitrogen and oxygen atoms in total. The van der Waals surface area contributed by atoms with Gasteiger partial charge in [0.25, 0.3) is 5.91 Å². The van der Waals surface area contributed by atoms with Gasteiger partial charge in [-0.2, -0.15) is 5.10 Å². The number of para-hydroxylation sites is 1. The van der Waals surface area contributed by atoms with Crippen LogP contribution in [0.25, 0.3) is 16.1 Å². The van der Waals surface area contributed by atoms with Crippen molar-refractivity contribution in [2.45, 2.75) is 33.6 Å². The fraction of sp³-hybridized carbons (Fsp3) is 0.200. The van der Waals surface area contributed by atoms with Crippen molar-refractivity contribution in [3.8, 4) is 16.1 Å². The molecule has 5 rings (SSSR count). The summed E-state index contributed by atoms with van der Waals surface area (Å²) >= 11 is 1.57. The third-order valence-electron chi connectivity index (χ3n) is 5.81. The zero-order valence-corrected chi connectivity index (χ0v) is 18.1. The Hall–Kier alpha value is -3.18. The topological polar surface area (TPSA) is 46.9 Å². The van der Waals surface area contributed by atoms with E-state index in [2.05, 4.69) is 49.0 Å². The van der Waals surface area contributed by atoms with Crippen LogP contribution in [-0.4, -0.2) is 15.7 Å². The van der Waals surface area contributed by atoms with Gasteiger partial charge in [-0.15, -0.1) is 11.3 Å². The number of hydrogen-bond acceptors (Lipinski definition) is 3. The van der Waals surface area contributed by atoms with Gasteiger partial charge in [-0.25, -0.2) is 4.68 Å². The van der Waals surface area contributed by atoms with E-state index in [1.54, 1.807) is 11.3 Å². The van der Waals surface area contributed by atoms with Crippen LogP contribution in [0.5, 0.6) is 0 Å². The predicted octanol–water partition coefficient (Wildman–Crippen LogP) is 5.88. The molecule has 2 aromatic carbocycles. The highest BCUT2D eigenvalue weighted by molar-refractivity contribution is 7.17. The van der Waals surface area contributed by atoms with Crippen LogP contribution in [0.3, 0.4) is 0 Å². The summed E-state index contributed by atoms with van der Waals surface area (Å²) in [6, 6.07) is 18.3. The molecule has 2 heterocycles. The van der Waals surface area contributed by atoms with Gasteiger partial charge in [0.05, 0.1) is 22.0 Å². The van der Waals surface area contributed by atoms with Crippen molar-refractivity contribution in [3.63, 3.8) is 0 Å². The Kier molecular flexibility index (Phi) is 4.55. The second-order valence-electron chi connectivity index (χ2n) is 7.87. The predicted molar refractivity (Wildman–Crippen MR) is 123 cm³/mol. The molecule has 1 amide bonds. The molecule has 0 bridgehead atoms. The molecule has 5 heteroatoms. The van der Waals surface area contributed by atoms with Crippen LogP contribution in [-0.2, 0) is 12.8 Å². The molecule has 0 unspecified atom stereocenters. The molecule has 0 fully saturated rings. The summed E-state index contributed by atoms with van der Waals surface area (Å²) in [5.41, 5.74) is 8.98. The molecule has 150 valence electrons. The quantitative estimate of drug-likeness (QED) is 0.456. The van der Waals surface area contributed by atoms with E-state index in [4.69, 9.17) is 5.10 Å². The minimum atomic E-state index is -0.0488. The average molecular weight is 414 g/mol. The number of carbonyl (C=O) groups excluding carboxylic acids is 1. The second-order valence-corrected chi connectivity index (χ2v) is 8.92. The van der Waals surface area contributed by atoms with E-state index >= 15 is 0 Å². The molecule has 1 N–H and O–H groups in total. The van der Waals surface area contributed by atoms with Crippen molar-refractivity contribution in [2.24, 2.45) is 0 Å². The van der Waals surface area contributed by atoms with Crippen molar-refractivity contribution >= 4 is 22.9 Å². The van der Waals surface area contributed by atoms with Gasteiger partial charge in [0.15, 0.2) is 0 Å². The third-order valence-corrected chi connectivity index (χ3v) is 7.01. The molecule has 1 aliphatic rings. The maximum Gasteiger partial charge on any atom is 0.265 e. The van der Waals surface area contributed by atoms with Gasteiger partial charge in [-0.3, -0.25) is 4.79 Å². The number of carbonyl (C=O) groups is 1. The normalized spacial score (nSPS) is 12.4. The summed E-state index contributed by atoms with van der Waals surface area (Å²) in [6.45, 7) is 6.19. The summed E-state index contributed by atoms with van der Waals surface area (Å²) in [7, 11) is 0. The first-order valence-corrected chi connectivity index (χ1v) is 11.0. The van der Waals surface area contributed by atoms with E-state index in [9.17, 15) is 4.79 Å². The number of aromatic nitrogens is 2. The molecule has 30 heavy (non-hydrogen) atoms. The smallest absolute Gasteiger partial charge is 0.265 e. The van der Waals surface area contributed by atoms with Crippen molar-refractivity contribution in [2.75, 3.05) is 5.32 Å². The fourth-order valence-electron chi connectivity index (χ4n) is 4.09. The number of benzene rings is 2. The van der Waals surface area contributed by atoms with Gasteiger partial charge < -0.3 is 5.32 Å². The van der Waals surface area contributed by atoms with E-state index in [0.29, 0.717) is 0 Å². The first-order chi connectivity index (χ1) is 14.5. The van der Waals surface area contributed by atoms with Gasteiger partial charge in [0.2, 0.25) is 0 Å². The van der Waals surface area contributed by atoms with Crippen LogP contribution in [0.4, 0.5) is 5.69 Å². The molecule has 4 aromatic rings. The molecule has 0 atom stereocenters. The number of nitrogens with zero attached hydrogens (tertiary/aromatic N) is 2. The third kappa shape index (κ3) is 3.15. The van der Waals surface area contributed by atoms with Gasteiger partial charge in [0, 0.05) is 16.1 Å². The Labute approximate surface area is 180 Å². The van der Waals surface area contributed by atoms with Gasteiger partial charge in [0.1, 0.15) is 0 Å². The SMILES string of the molecule is Cc1ccc(NC(=O)c2cc3c(s2)-c2c(C)nn(-c4ccccc4)c2CC3)cc1C. The van der Waals surface area contributed by atoms with Crippen LogP contribution < -0.4 is 5.32 Å². The zero-order chi connectivity index (χ0) is 20.8. The highest BCUT2D eigenvalue weighted by Crippen LogP contribution is 2.42. The Balaban J connectivity index is 1.49. The van der Waals surface area contributed by atoms with Crippen molar-refractivity contribution < 1.29 is 4.79 Å². The molecule has 1 aliphatic carbocycles. The Morgan fingerprint density at radius 2 is 1.80 bits per heavy atom. The lowest BCUT2D eigenvalue weighted by Crippen LogP contribution is -2.10. The maximum atomic E-state index is 12.9. The second kappa shape index (κ2) is 7.26. The van der Waals surface area contributed by atoms with Crippen molar-refractivity contribution in [3.05, 3.63) is 87.6 Å². The molecule has 0 saturated heterocycles. The zero-order valence-electron chi connectivity index (χ0n) is 17.3. The molecule has 0 radical (unpaired) electrons. The monoisotopic (exact) mass is 413 g/mol. The molecule has 0 saturated carbocycles. The number of hydrogen-bond donors (Lipinski definition) is 1. The Morgan fingerprint density at radius 3 is 2.57 bits per heavy atom. The molecule has 2 aromatic heterocycles. The summed E-state index contributed by atoms with van der Waals surface area (Å²) < 4.78 is 2.06. The summed E-state index contributed by atoms with van der Waals surface area (Å²) in [5.74, 6) is -0.0488. The Morgan fingerprint density at radius 1 is 1.00 bits per heavy atom. The molecule has 0 spiro atoms.